The van der Waals surface area contributed by atoms with Gasteiger partial charge in [-0.3, -0.25) is 4.90 Å². The summed E-state index contributed by atoms with van der Waals surface area (Å²) in [7, 11) is 4.66. The summed E-state index contributed by atoms with van der Waals surface area (Å²) >= 11 is 0. The molecule has 0 aliphatic carbocycles. The molecule has 1 atom stereocenters. The lowest BCUT2D eigenvalue weighted by Gasteiger charge is -2.24. The quantitative estimate of drug-likeness (QED) is 0.258. The number of benzene rings is 2. The van der Waals surface area contributed by atoms with Crippen molar-refractivity contribution in [2.24, 2.45) is 0 Å². The minimum atomic E-state index is -0.629. The Bertz CT molecular complexity index is 1030. The van der Waals surface area contributed by atoms with Crippen LogP contribution in [0.1, 0.15) is 11.5 Å². The van der Waals surface area contributed by atoms with Crippen molar-refractivity contribution in [3.63, 3.8) is 0 Å². The van der Waals surface area contributed by atoms with Gasteiger partial charge in [0.15, 0.2) is 11.5 Å². The lowest BCUT2D eigenvalue weighted by atomic mass is 10.1. The Hall–Kier alpha value is -3.40. The standard InChI is InChI=1S/C26H33N3O6/c1-5-13-34-18-21(30)17-29(16-19-9-7-6-8-10-19)12-11-24-27-26(28-35-24)20-14-22(31-2)25(33-4)23(15-20)32-3/h5-10,14-15,21,30H,1,11-13,16-18H2,2-4H3/t21-/m0/s1. The van der Waals surface area contributed by atoms with Crippen LogP contribution in [-0.2, 0) is 17.7 Å². The lowest BCUT2D eigenvalue weighted by Crippen LogP contribution is -2.36. The first-order chi connectivity index (χ1) is 17.1. The highest BCUT2D eigenvalue weighted by atomic mass is 16.5. The number of ether oxygens (including phenoxy) is 4. The van der Waals surface area contributed by atoms with E-state index in [1.807, 2.05) is 18.2 Å². The summed E-state index contributed by atoms with van der Waals surface area (Å²) in [6, 6.07) is 13.6. The molecule has 188 valence electrons. The monoisotopic (exact) mass is 483 g/mol. The fourth-order valence-electron chi connectivity index (χ4n) is 3.65. The molecule has 3 rings (SSSR count). The van der Waals surface area contributed by atoms with Crippen LogP contribution in [0.15, 0.2) is 59.6 Å². The maximum atomic E-state index is 10.4. The summed E-state index contributed by atoms with van der Waals surface area (Å²) in [6.07, 6.45) is 1.55. The van der Waals surface area contributed by atoms with Gasteiger partial charge in [-0.1, -0.05) is 41.6 Å². The fraction of sp³-hybridized carbons (Fsp3) is 0.385. The zero-order valence-corrected chi connectivity index (χ0v) is 20.5. The van der Waals surface area contributed by atoms with Crippen molar-refractivity contribution in [1.82, 2.24) is 15.0 Å². The van der Waals surface area contributed by atoms with E-state index in [1.165, 1.54) is 0 Å². The zero-order chi connectivity index (χ0) is 25.0. The Morgan fingerprint density at radius 3 is 2.43 bits per heavy atom. The molecule has 35 heavy (non-hydrogen) atoms. The van der Waals surface area contributed by atoms with E-state index < -0.39 is 6.10 Å². The van der Waals surface area contributed by atoms with E-state index in [4.69, 9.17) is 23.5 Å². The molecule has 0 spiro atoms. The highest BCUT2D eigenvalue weighted by Gasteiger charge is 2.19. The Kier molecular flexibility index (Phi) is 10.1. The van der Waals surface area contributed by atoms with Crippen molar-refractivity contribution in [1.29, 1.82) is 0 Å². The van der Waals surface area contributed by atoms with Crippen LogP contribution in [0, 0.1) is 0 Å². The zero-order valence-electron chi connectivity index (χ0n) is 20.5. The number of hydrogen-bond donors (Lipinski definition) is 1. The molecule has 0 aliphatic heterocycles. The van der Waals surface area contributed by atoms with Crippen LogP contribution in [0.4, 0.5) is 0 Å². The van der Waals surface area contributed by atoms with E-state index in [1.54, 1.807) is 39.5 Å². The molecule has 9 heteroatoms. The van der Waals surface area contributed by atoms with E-state index in [0.29, 0.717) is 67.2 Å². The molecule has 3 aromatic rings. The van der Waals surface area contributed by atoms with Crippen molar-refractivity contribution in [3.8, 4) is 28.6 Å². The van der Waals surface area contributed by atoms with Gasteiger partial charge < -0.3 is 28.6 Å². The van der Waals surface area contributed by atoms with Crippen molar-refractivity contribution in [2.45, 2.75) is 19.1 Å². The fourth-order valence-corrected chi connectivity index (χ4v) is 3.65. The van der Waals surface area contributed by atoms with Crippen molar-refractivity contribution in [2.75, 3.05) is 47.6 Å². The molecule has 1 aromatic heterocycles. The number of aromatic nitrogens is 2. The van der Waals surface area contributed by atoms with Crippen LogP contribution in [0.5, 0.6) is 17.2 Å². The molecule has 0 bridgehead atoms. The number of hydrogen-bond acceptors (Lipinski definition) is 9. The van der Waals surface area contributed by atoms with E-state index in [2.05, 4.69) is 33.8 Å². The molecule has 9 nitrogen and oxygen atoms in total. The van der Waals surface area contributed by atoms with Crippen LogP contribution in [0.3, 0.4) is 0 Å². The third kappa shape index (κ3) is 7.54. The van der Waals surface area contributed by atoms with Gasteiger partial charge in [0.05, 0.1) is 40.6 Å². The molecule has 0 fully saturated rings. The molecule has 2 aromatic carbocycles. The van der Waals surface area contributed by atoms with E-state index in [-0.39, 0.29) is 6.61 Å². The van der Waals surface area contributed by atoms with Gasteiger partial charge in [0.2, 0.25) is 17.5 Å². The average molecular weight is 484 g/mol. The van der Waals surface area contributed by atoms with E-state index in [0.717, 1.165) is 5.56 Å². The lowest BCUT2D eigenvalue weighted by molar-refractivity contribution is 0.0244. The Morgan fingerprint density at radius 1 is 1.09 bits per heavy atom. The minimum Gasteiger partial charge on any atom is -0.493 e. The molecule has 0 amide bonds. The van der Waals surface area contributed by atoms with Crippen molar-refractivity contribution >= 4 is 0 Å². The third-order valence-corrected chi connectivity index (χ3v) is 5.30. The molecule has 0 aliphatic rings. The number of methoxy groups -OCH3 is 3. The largest absolute Gasteiger partial charge is 0.493 e. The second-order valence-electron chi connectivity index (χ2n) is 7.88. The van der Waals surface area contributed by atoms with Gasteiger partial charge >= 0.3 is 0 Å². The van der Waals surface area contributed by atoms with Crippen LogP contribution in [0.2, 0.25) is 0 Å². The molecule has 1 heterocycles. The second-order valence-corrected chi connectivity index (χ2v) is 7.88. The van der Waals surface area contributed by atoms with Gasteiger partial charge in [0.25, 0.3) is 0 Å². The van der Waals surface area contributed by atoms with Gasteiger partial charge in [0, 0.05) is 31.6 Å². The normalized spacial score (nSPS) is 11.9. The van der Waals surface area contributed by atoms with Crippen LogP contribution < -0.4 is 14.2 Å². The van der Waals surface area contributed by atoms with Gasteiger partial charge in [-0.2, -0.15) is 4.98 Å². The summed E-state index contributed by atoms with van der Waals surface area (Å²) in [5.74, 6) is 2.43. The highest BCUT2D eigenvalue weighted by molar-refractivity contribution is 5.66. The second kappa shape index (κ2) is 13.5. The van der Waals surface area contributed by atoms with Gasteiger partial charge in [-0.05, 0) is 17.7 Å². The predicted molar refractivity (Wildman–Crippen MR) is 132 cm³/mol. The average Bonchev–Trinajstić information content (AvgIpc) is 3.36. The summed E-state index contributed by atoms with van der Waals surface area (Å²) in [6.45, 7) is 6.01. The van der Waals surface area contributed by atoms with Gasteiger partial charge in [-0.25, -0.2) is 0 Å². The molecule has 1 N–H and O–H groups in total. The number of nitrogens with zero attached hydrogens (tertiary/aromatic N) is 3. The molecule has 0 radical (unpaired) electrons. The Labute approximate surface area is 205 Å². The van der Waals surface area contributed by atoms with Gasteiger partial charge in [0.1, 0.15) is 0 Å². The molecule has 0 saturated carbocycles. The Morgan fingerprint density at radius 2 is 1.80 bits per heavy atom. The Balaban J connectivity index is 1.70. The maximum Gasteiger partial charge on any atom is 0.228 e. The minimum absolute atomic E-state index is 0.239. The molecule has 0 unspecified atom stereocenters. The SMILES string of the molecule is C=CCOC[C@@H](O)CN(CCc1nc(-c2cc(OC)c(OC)c(OC)c2)no1)Cc1ccccc1. The first kappa shape index (κ1) is 26.2. The third-order valence-electron chi connectivity index (χ3n) is 5.30. The number of rotatable bonds is 15. The summed E-state index contributed by atoms with van der Waals surface area (Å²) in [4.78, 5) is 6.69. The van der Waals surface area contributed by atoms with Crippen molar-refractivity contribution in [3.05, 3.63) is 66.6 Å². The first-order valence-electron chi connectivity index (χ1n) is 11.3. The first-order valence-corrected chi connectivity index (χ1v) is 11.3. The van der Waals surface area contributed by atoms with E-state index in [9.17, 15) is 5.11 Å². The van der Waals surface area contributed by atoms with Gasteiger partial charge in [-0.15, -0.1) is 6.58 Å². The van der Waals surface area contributed by atoms with Crippen LogP contribution >= 0.6 is 0 Å². The van der Waals surface area contributed by atoms with Crippen molar-refractivity contribution < 1.29 is 28.6 Å². The summed E-state index contributed by atoms with van der Waals surface area (Å²) < 4.78 is 27.1. The summed E-state index contributed by atoms with van der Waals surface area (Å²) in [5.41, 5.74) is 1.83. The molecular formula is C26H33N3O6. The molecule has 0 saturated heterocycles. The topological polar surface area (TPSA) is 99.3 Å². The van der Waals surface area contributed by atoms with E-state index >= 15 is 0 Å². The number of aliphatic hydroxyl groups is 1. The highest BCUT2D eigenvalue weighted by Crippen LogP contribution is 2.40. The predicted octanol–water partition coefficient (Wildman–Crippen LogP) is 3.37. The van der Waals surface area contributed by atoms with Crippen LogP contribution in [0.25, 0.3) is 11.4 Å². The smallest absolute Gasteiger partial charge is 0.228 e. The maximum absolute atomic E-state index is 10.4. The van der Waals surface area contributed by atoms with Crippen LogP contribution in [-0.4, -0.2) is 73.9 Å². The molecular weight excluding hydrogens is 450 g/mol. The number of aliphatic hydroxyl groups excluding tert-OH is 1. The summed E-state index contributed by atoms with van der Waals surface area (Å²) in [5, 5.41) is 14.6.